The van der Waals surface area contributed by atoms with Crippen molar-refractivity contribution in [2.75, 3.05) is 11.9 Å². The highest BCUT2D eigenvalue weighted by molar-refractivity contribution is 6.37. The third-order valence-electron chi connectivity index (χ3n) is 3.62. The molecule has 3 aromatic rings. The van der Waals surface area contributed by atoms with Crippen molar-refractivity contribution in [3.05, 3.63) is 58.6 Å². The maximum atomic E-state index is 11.8. The van der Waals surface area contributed by atoms with E-state index in [2.05, 4.69) is 15.0 Å². The van der Waals surface area contributed by atoms with E-state index in [1.165, 1.54) is 18.3 Å². The van der Waals surface area contributed by atoms with E-state index < -0.39 is 17.5 Å². The number of benzene rings is 1. The minimum absolute atomic E-state index is 0.0736. The van der Waals surface area contributed by atoms with Crippen LogP contribution in [0.5, 0.6) is 11.6 Å². The van der Waals surface area contributed by atoms with Gasteiger partial charge in [-0.15, -0.1) is 0 Å². The first-order valence-electron chi connectivity index (χ1n) is 8.13. The van der Waals surface area contributed by atoms with Crippen LogP contribution in [-0.4, -0.2) is 23.5 Å². The lowest BCUT2D eigenvalue weighted by Crippen LogP contribution is -2.25. The fourth-order valence-electron chi connectivity index (χ4n) is 2.42. The zero-order valence-corrected chi connectivity index (χ0v) is 14.6. The van der Waals surface area contributed by atoms with Gasteiger partial charge in [0, 0.05) is 23.7 Å². The molecule has 27 heavy (non-hydrogen) atoms. The van der Waals surface area contributed by atoms with Crippen molar-refractivity contribution >= 4 is 28.5 Å². The van der Waals surface area contributed by atoms with Gasteiger partial charge in [0.15, 0.2) is 0 Å². The number of rotatable bonds is 4. The number of pyridine rings is 1. The van der Waals surface area contributed by atoms with E-state index in [0.29, 0.717) is 11.3 Å². The summed E-state index contributed by atoms with van der Waals surface area (Å²) in [7, 11) is 0. The third kappa shape index (κ3) is 4.12. The van der Waals surface area contributed by atoms with Crippen LogP contribution in [0.4, 0.5) is 5.69 Å². The minimum atomic E-state index is -1.00. The lowest BCUT2D eigenvalue weighted by atomic mass is 10.1. The van der Waals surface area contributed by atoms with Crippen molar-refractivity contribution in [2.45, 2.75) is 13.8 Å². The number of carbonyl (C=O) groups excluding carboxylic acids is 2. The number of aryl methyl sites for hydroxylation is 1. The van der Waals surface area contributed by atoms with Crippen LogP contribution in [0, 0.1) is 6.92 Å². The number of ether oxygens (including phenoxy) is 2. The van der Waals surface area contributed by atoms with Gasteiger partial charge in [-0.25, -0.2) is 14.6 Å². The molecular formula is C19H16N2O6. The molecule has 0 radical (unpaired) electrons. The van der Waals surface area contributed by atoms with Gasteiger partial charge in [0.05, 0.1) is 6.61 Å². The Morgan fingerprint density at radius 3 is 2.81 bits per heavy atom. The lowest BCUT2D eigenvalue weighted by molar-refractivity contribution is -0.152. The molecule has 0 aliphatic rings. The first-order chi connectivity index (χ1) is 13.0. The third-order valence-corrected chi connectivity index (χ3v) is 3.62. The Morgan fingerprint density at radius 2 is 2.04 bits per heavy atom. The van der Waals surface area contributed by atoms with Crippen LogP contribution in [0.2, 0.25) is 0 Å². The summed E-state index contributed by atoms with van der Waals surface area (Å²) in [6.07, 6.45) is 1.47. The predicted molar refractivity (Wildman–Crippen MR) is 96.8 cm³/mol. The van der Waals surface area contributed by atoms with Crippen molar-refractivity contribution in [1.29, 1.82) is 0 Å². The summed E-state index contributed by atoms with van der Waals surface area (Å²) in [5, 5.41) is 3.17. The Labute approximate surface area is 153 Å². The summed E-state index contributed by atoms with van der Waals surface area (Å²) < 4.78 is 15.5. The molecule has 1 amide bonds. The van der Waals surface area contributed by atoms with E-state index in [1.54, 1.807) is 31.2 Å². The van der Waals surface area contributed by atoms with Gasteiger partial charge in [0.2, 0.25) is 5.88 Å². The zero-order valence-electron chi connectivity index (χ0n) is 14.6. The van der Waals surface area contributed by atoms with Crippen molar-refractivity contribution in [1.82, 2.24) is 4.98 Å². The molecule has 0 spiro atoms. The number of aromatic nitrogens is 1. The van der Waals surface area contributed by atoms with E-state index in [0.717, 1.165) is 10.9 Å². The molecule has 8 heteroatoms. The molecule has 0 unspecified atom stereocenters. The fraction of sp³-hybridized carbons (Fsp3) is 0.158. The Bertz CT molecular complexity index is 1070. The summed E-state index contributed by atoms with van der Waals surface area (Å²) in [4.78, 5) is 38.9. The van der Waals surface area contributed by atoms with Gasteiger partial charge in [0.25, 0.3) is 0 Å². The zero-order chi connectivity index (χ0) is 19.4. The largest absolute Gasteiger partial charge is 0.459 e. The topological polar surface area (TPSA) is 108 Å². The van der Waals surface area contributed by atoms with Gasteiger partial charge < -0.3 is 19.2 Å². The number of anilines is 1. The van der Waals surface area contributed by atoms with E-state index in [9.17, 15) is 14.4 Å². The number of hydrogen-bond acceptors (Lipinski definition) is 7. The van der Waals surface area contributed by atoms with Crippen LogP contribution in [-0.2, 0) is 14.3 Å². The monoisotopic (exact) mass is 368 g/mol. The van der Waals surface area contributed by atoms with Crippen molar-refractivity contribution in [3.8, 4) is 11.6 Å². The van der Waals surface area contributed by atoms with E-state index in [4.69, 9.17) is 9.15 Å². The molecule has 2 heterocycles. The van der Waals surface area contributed by atoms with Gasteiger partial charge in [-0.3, -0.25) is 4.79 Å². The number of hydrogen-bond donors (Lipinski definition) is 1. The summed E-state index contributed by atoms with van der Waals surface area (Å²) >= 11 is 0. The highest BCUT2D eigenvalue weighted by Gasteiger charge is 2.18. The molecule has 0 fully saturated rings. The maximum Gasteiger partial charge on any atom is 0.397 e. The van der Waals surface area contributed by atoms with Gasteiger partial charge in [-0.05, 0) is 43.7 Å². The SMILES string of the molecule is CCOC(=O)C(=O)Nc1cccnc1Oc1ccc2c(C)cc(=O)oc2c1. The number of fused-ring (bicyclic) bond motifs is 1. The molecule has 138 valence electrons. The molecule has 2 aromatic heterocycles. The summed E-state index contributed by atoms with van der Waals surface area (Å²) in [5.74, 6) is -1.52. The normalized spacial score (nSPS) is 10.4. The van der Waals surface area contributed by atoms with Crippen molar-refractivity contribution in [2.24, 2.45) is 0 Å². The van der Waals surface area contributed by atoms with E-state index in [1.807, 2.05) is 6.92 Å². The molecule has 0 aliphatic heterocycles. The molecule has 1 N–H and O–H groups in total. The highest BCUT2D eigenvalue weighted by atomic mass is 16.5. The number of esters is 1. The summed E-state index contributed by atoms with van der Waals surface area (Å²) in [5.41, 5.74) is 0.886. The average molecular weight is 368 g/mol. The smallest absolute Gasteiger partial charge is 0.397 e. The Kier molecular flexibility index (Phi) is 5.16. The second-order valence-corrected chi connectivity index (χ2v) is 5.54. The number of amides is 1. The Balaban J connectivity index is 1.88. The Hall–Kier alpha value is -3.68. The molecule has 0 bridgehead atoms. The van der Waals surface area contributed by atoms with Crippen LogP contribution in [0.3, 0.4) is 0 Å². The number of carbonyl (C=O) groups is 2. The summed E-state index contributed by atoms with van der Waals surface area (Å²) in [6.45, 7) is 3.50. The Morgan fingerprint density at radius 1 is 1.22 bits per heavy atom. The summed E-state index contributed by atoms with van der Waals surface area (Å²) in [6, 6.07) is 9.50. The second kappa shape index (κ2) is 7.69. The maximum absolute atomic E-state index is 11.8. The molecule has 1 aromatic carbocycles. The standard InChI is InChI=1S/C19H16N2O6/c1-3-25-19(24)17(23)21-14-5-4-8-20-18(14)26-12-6-7-13-11(2)9-16(22)27-15(13)10-12/h4-10H,3H2,1-2H3,(H,21,23). The molecule has 8 nitrogen and oxygen atoms in total. The van der Waals surface area contributed by atoms with Crippen LogP contribution in [0.1, 0.15) is 12.5 Å². The molecule has 0 aliphatic carbocycles. The average Bonchev–Trinajstić information content (AvgIpc) is 2.63. The van der Waals surface area contributed by atoms with E-state index >= 15 is 0 Å². The van der Waals surface area contributed by atoms with Crippen LogP contribution in [0.15, 0.2) is 51.8 Å². The first-order valence-corrected chi connectivity index (χ1v) is 8.13. The highest BCUT2D eigenvalue weighted by Crippen LogP contribution is 2.29. The van der Waals surface area contributed by atoms with Crippen LogP contribution >= 0.6 is 0 Å². The van der Waals surface area contributed by atoms with Crippen LogP contribution < -0.4 is 15.7 Å². The van der Waals surface area contributed by atoms with E-state index in [-0.39, 0.29) is 18.2 Å². The van der Waals surface area contributed by atoms with Crippen LogP contribution in [0.25, 0.3) is 11.0 Å². The second-order valence-electron chi connectivity index (χ2n) is 5.54. The van der Waals surface area contributed by atoms with Crippen molar-refractivity contribution < 1.29 is 23.5 Å². The van der Waals surface area contributed by atoms with Gasteiger partial charge in [0.1, 0.15) is 17.0 Å². The molecule has 0 saturated heterocycles. The van der Waals surface area contributed by atoms with Gasteiger partial charge in [-0.2, -0.15) is 0 Å². The van der Waals surface area contributed by atoms with Gasteiger partial charge >= 0.3 is 17.5 Å². The van der Waals surface area contributed by atoms with Gasteiger partial charge in [-0.1, -0.05) is 0 Å². The van der Waals surface area contributed by atoms with Crippen molar-refractivity contribution in [3.63, 3.8) is 0 Å². The number of nitrogens with one attached hydrogen (secondary N) is 1. The minimum Gasteiger partial charge on any atom is -0.459 e. The fourth-order valence-corrected chi connectivity index (χ4v) is 2.42. The molecule has 3 rings (SSSR count). The predicted octanol–water partition coefficient (Wildman–Crippen LogP) is 2.79. The quantitative estimate of drug-likeness (QED) is 0.428. The lowest BCUT2D eigenvalue weighted by Gasteiger charge is -2.11. The first kappa shape index (κ1) is 18.1. The molecular weight excluding hydrogens is 352 g/mol. The molecule has 0 saturated carbocycles. The number of nitrogens with zero attached hydrogens (tertiary/aromatic N) is 1. The molecule has 0 atom stereocenters.